The summed E-state index contributed by atoms with van der Waals surface area (Å²) in [7, 11) is 1.92. The third-order valence-electron chi connectivity index (χ3n) is 5.50. The van der Waals surface area contributed by atoms with Crippen LogP contribution < -0.4 is 5.32 Å². The molecule has 116 valence electrons. The number of nitrogens with zero attached hydrogens (tertiary/aromatic N) is 1. The van der Waals surface area contributed by atoms with Crippen molar-refractivity contribution in [1.82, 2.24) is 10.2 Å². The monoisotopic (exact) mass is 282 g/mol. The third-order valence-corrected chi connectivity index (χ3v) is 5.50. The van der Waals surface area contributed by atoms with Crippen LogP contribution in [-0.4, -0.2) is 41.8 Å². The Balaban J connectivity index is 1.83. The molecule has 0 aliphatic heterocycles. The van der Waals surface area contributed by atoms with E-state index >= 15 is 0 Å². The Morgan fingerprint density at radius 2 is 1.90 bits per heavy atom. The van der Waals surface area contributed by atoms with Crippen LogP contribution in [-0.2, 0) is 0 Å². The first-order valence-electron chi connectivity index (χ1n) is 8.08. The van der Waals surface area contributed by atoms with Gasteiger partial charge in [0.2, 0.25) is 0 Å². The molecule has 0 spiro atoms. The summed E-state index contributed by atoms with van der Waals surface area (Å²) in [6.45, 7) is 4.79. The van der Waals surface area contributed by atoms with Crippen molar-refractivity contribution in [3.8, 4) is 0 Å². The molecule has 0 aromatic carbocycles. The largest absolute Gasteiger partial charge is 0.396 e. The number of carbonyl (C=O) groups is 1. The number of aliphatic hydroxyl groups is 1. The fraction of sp³-hybridized carbons (Fsp3) is 0.938. The summed E-state index contributed by atoms with van der Waals surface area (Å²) in [5.74, 6) is 0.441. The van der Waals surface area contributed by atoms with Crippen LogP contribution in [0.4, 0.5) is 4.79 Å². The lowest BCUT2D eigenvalue weighted by Gasteiger charge is -2.36. The lowest BCUT2D eigenvalue weighted by molar-refractivity contribution is 0.129. The summed E-state index contributed by atoms with van der Waals surface area (Å²) in [5.41, 5.74) is 0.227. The maximum absolute atomic E-state index is 12.4. The zero-order valence-corrected chi connectivity index (χ0v) is 13.2. The lowest BCUT2D eigenvalue weighted by Crippen LogP contribution is -2.50. The van der Waals surface area contributed by atoms with E-state index in [1.807, 2.05) is 11.9 Å². The summed E-state index contributed by atoms with van der Waals surface area (Å²) in [5, 5.41) is 12.4. The number of nitrogens with one attached hydrogen (secondary N) is 1. The molecule has 1 atom stereocenters. The Bertz CT molecular complexity index is 335. The van der Waals surface area contributed by atoms with E-state index in [9.17, 15) is 9.90 Å². The van der Waals surface area contributed by atoms with E-state index < -0.39 is 0 Å². The van der Waals surface area contributed by atoms with Crippen LogP contribution in [0.25, 0.3) is 0 Å². The van der Waals surface area contributed by atoms with E-state index in [1.165, 1.54) is 12.8 Å². The lowest BCUT2D eigenvalue weighted by atomic mass is 9.86. The fourth-order valence-corrected chi connectivity index (χ4v) is 3.73. The molecule has 2 saturated carbocycles. The van der Waals surface area contributed by atoms with E-state index in [1.54, 1.807) is 0 Å². The summed E-state index contributed by atoms with van der Waals surface area (Å²) >= 11 is 0. The van der Waals surface area contributed by atoms with Gasteiger partial charge >= 0.3 is 6.03 Å². The Hall–Kier alpha value is -0.770. The van der Waals surface area contributed by atoms with Crippen LogP contribution in [0.5, 0.6) is 0 Å². The normalized spacial score (nSPS) is 32.9. The molecule has 4 heteroatoms. The molecule has 2 rings (SSSR count). The molecule has 2 fully saturated rings. The van der Waals surface area contributed by atoms with E-state index in [0.29, 0.717) is 24.6 Å². The highest BCUT2D eigenvalue weighted by atomic mass is 16.3. The second kappa shape index (κ2) is 6.33. The molecule has 2 amide bonds. The molecule has 2 aliphatic rings. The molecule has 0 aromatic heterocycles. The average Bonchev–Trinajstić information content (AvgIpc) is 2.77. The SMILES string of the molecule is CN(C(=O)NC1CCCC1(C)C)C1CCC(CO)CC1. The highest BCUT2D eigenvalue weighted by Gasteiger charge is 2.36. The van der Waals surface area contributed by atoms with Crippen molar-refractivity contribution in [3.63, 3.8) is 0 Å². The van der Waals surface area contributed by atoms with Crippen molar-refractivity contribution in [2.75, 3.05) is 13.7 Å². The first-order chi connectivity index (χ1) is 9.44. The van der Waals surface area contributed by atoms with Gasteiger partial charge in [-0.1, -0.05) is 20.3 Å². The van der Waals surface area contributed by atoms with Gasteiger partial charge in [0.15, 0.2) is 0 Å². The van der Waals surface area contributed by atoms with Crippen molar-refractivity contribution in [1.29, 1.82) is 0 Å². The minimum Gasteiger partial charge on any atom is -0.396 e. The molecule has 0 heterocycles. The second-order valence-corrected chi connectivity index (χ2v) is 7.35. The Labute approximate surface area is 122 Å². The highest BCUT2D eigenvalue weighted by Crippen LogP contribution is 2.37. The maximum Gasteiger partial charge on any atom is 0.317 e. The van der Waals surface area contributed by atoms with Crippen molar-refractivity contribution >= 4 is 6.03 Å². The molecule has 2 N–H and O–H groups in total. The Morgan fingerprint density at radius 1 is 1.25 bits per heavy atom. The number of hydrogen-bond donors (Lipinski definition) is 2. The van der Waals surface area contributed by atoms with Crippen LogP contribution in [0.2, 0.25) is 0 Å². The van der Waals surface area contributed by atoms with Crippen molar-refractivity contribution in [3.05, 3.63) is 0 Å². The minimum atomic E-state index is 0.0809. The molecule has 2 aliphatic carbocycles. The van der Waals surface area contributed by atoms with Crippen LogP contribution in [0.3, 0.4) is 0 Å². The predicted octanol–water partition coefficient (Wildman–Crippen LogP) is 2.76. The molecule has 0 bridgehead atoms. The van der Waals surface area contributed by atoms with Gasteiger partial charge in [-0.15, -0.1) is 0 Å². The fourth-order valence-electron chi connectivity index (χ4n) is 3.73. The number of aliphatic hydroxyl groups excluding tert-OH is 1. The van der Waals surface area contributed by atoms with E-state index in [0.717, 1.165) is 32.1 Å². The van der Waals surface area contributed by atoms with Gasteiger partial charge in [-0.05, 0) is 49.9 Å². The highest BCUT2D eigenvalue weighted by molar-refractivity contribution is 5.74. The minimum absolute atomic E-state index is 0.0809. The van der Waals surface area contributed by atoms with E-state index in [4.69, 9.17) is 0 Å². The van der Waals surface area contributed by atoms with Crippen LogP contribution >= 0.6 is 0 Å². The van der Waals surface area contributed by atoms with E-state index in [2.05, 4.69) is 19.2 Å². The van der Waals surface area contributed by atoms with E-state index in [-0.39, 0.29) is 11.4 Å². The van der Waals surface area contributed by atoms with Crippen molar-refractivity contribution < 1.29 is 9.90 Å². The van der Waals surface area contributed by atoms with Crippen LogP contribution in [0.15, 0.2) is 0 Å². The molecule has 4 nitrogen and oxygen atoms in total. The number of hydrogen-bond acceptors (Lipinski definition) is 2. The topological polar surface area (TPSA) is 52.6 Å². The summed E-state index contributed by atoms with van der Waals surface area (Å²) < 4.78 is 0. The van der Waals surface area contributed by atoms with Crippen LogP contribution in [0, 0.1) is 11.3 Å². The van der Waals surface area contributed by atoms with Gasteiger partial charge in [0.25, 0.3) is 0 Å². The van der Waals surface area contributed by atoms with Gasteiger partial charge in [0.05, 0.1) is 0 Å². The number of amides is 2. The molecule has 0 saturated heterocycles. The quantitative estimate of drug-likeness (QED) is 0.836. The predicted molar refractivity (Wildman–Crippen MR) is 80.5 cm³/mol. The third kappa shape index (κ3) is 3.46. The molecular weight excluding hydrogens is 252 g/mol. The Kier molecular flexibility index (Phi) is 4.95. The number of urea groups is 1. The van der Waals surface area contributed by atoms with Crippen LogP contribution in [0.1, 0.15) is 58.8 Å². The summed E-state index contributed by atoms with van der Waals surface area (Å²) in [6, 6.07) is 0.728. The first kappa shape index (κ1) is 15.6. The zero-order chi connectivity index (χ0) is 14.8. The molecule has 20 heavy (non-hydrogen) atoms. The molecular formula is C16H30N2O2. The standard InChI is InChI=1S/C16H30N2O2/c1-16(2)10-4-5-14(16)17-15(20)18(3)13-8-6-12(11-19)7-9-13/h12-14,19H,4-11H2,1-3H3,(H,17,20). The van der Waals surface area contributed by atoms with Gasteiger partial charge in [-0.2, -0.15) is 0 Å². The van der Waals surface area contributed by atoms with Gasteiger partial charge < -0.3 is 15.3 Å². The average molecular weight is 282 g/mol. The van der Waals surface area contributed by atoms with Gasteiger partial charge in [-0.25, -0.2) is 4.79 Å². The molecule has 0 radical (unpaired) electrons. The summed E-state index contributed by atoms with van der Waals surface area (Å²) in [4.78, 5) is 14.3. The zero-order valence-electron chi connectivity index (χ0n) is 13.2. The molecule has 1 unspecified atom stereocenters. The smallest absolute Gasteiger partial charge is 0.317 e. The maximum atomic E-state index is 12.4. The van der Waals surface area contributed by atoms with Gasteiger partial charge in [0.1, 0.15) is 0 Å². The van der Waals surface area contributed by atoms with Crippen molar-refractivity contribution in [2.45, 2.75) is 70.9 Å². The molecule has 0 aromatic rings. The number of rotatable bonds is 3. The second-order valence-electron chi connectivity index (χ2n) is 7.35. The van der Waals surface area contributed by atoms with Gasteiger partial charge in [0, 0.05) is 25.7 Å². The number of carbonyl (C=O) groups excluding carboxylic acids is 1. The first-order valence-corrected chi connectivity index (χ1v) is 8.08. The Morgan fingerprint density at radius 3 is 2.40 bits per heavy atom. The van der Waals surface area contributed by atoms with Gasteiger partial charge in [-0.3, -0.25) is 0 Å². The van der Waals surface area contributed by atoms with Crippen molar-refractivity contribution in [2.24, 2.45) is 11.3 Å². The summed E-state index contributed by atoms with van der Waals surface area (Å²) in [6.07, 6.45) is 7.62.